The van der Waals surface area contributed by atoms with Gasteiger partial charge in [-0.15, -0.1) is 5.10 Å². The van der Waals surface area contributed by atoms with Gasteiger partial charge in [-0.25, -0.2) is 0 Å². The van der Waals surface area contributed by atoms with Crippen molar-refractivity contribution in [1.29, 1.82) is 0 Å². The summed E-state index contributed by atoms with van der Waals surface area (Å²) in [4.78, 5) is 0. The Morgan fingerprint density at radius 2 is 2.43 bits per heavy atom. The second-order valence-electron chi connectivity index (χ2n) is 0.951. The first-order valence-corrected chi connectivity index (χ1v) is 2.01. The quantitative estimate of drug-likeness (QED) is 0.221. The molecule has 38 valence electrons. The molecule has 0 heterocycles. The maximum absolute atomic E-state index is 4.72. The highest BCUT2D eigenvalue weighted by atomic mass is 15.1. The molecule has 0 aliphatic carbocycles. The van der Waals surface area contributed by atoms with Crippen LogP contribution in [0.3, 0.4) is 0 Å². The number of hydrazone groups is 1. The fourth-order valence-electron chi connectivity index (χ4n) is 0.182. The van der Waals surface area contributed by atoms with E-state index in [1.54, 1.807) is 12.2 Å². The summed E-state index contributed by atoms with van der Waals surface area (Å²) in [6.45, 7) is 1.91. The lowest BCUT2D eigenvalue weighted by molar-refractivity contribution is 1.27. The van der Waals surface area contributed by atoms with Gasteiger partial charge in [0.25, 0.3) is 0 Å². The van der Waals surface area contributed by atoms with Crippen LogP contribution < -0.4 is 5.84 Å². The van der Waals surface area contributed by atoms with E-state index < -0.39 is 0 Å². The van der Waals surface area contributed by atoms with Crippen LogP contribution in [0, 0.1) is 0 Å². The number of hydrogen-bond acceptors (Lipinski definition) is 2. The van der Waals surface area contributed by atoms with Crippen LogP contribution in [0.2, 0.25) is 0 Å². The van der Waals surface area contributed by atoms with E-state index in [1.807, 2.05) is 13.0 Å². The van der Waals surface area contributed by atoms with Crippen LogP contribution >= 0.6 is 0 Å². The van der Waals surface area contributed by atoms with E-state index in [0.717, 1.165) is 0 Å². The fourth-order valence-corrected chi connectivity index (χ4v) is 0.182. The highest BCUT2D eigenvalue weighted by Crippen LogP contribution is 1.64. The third-order valence-corrected chi connectivity index (χ3v) is 0.438. The lowest BCUT2D eigenvalue weighted by Gasteiger charge is -1.60. The number of nitrogens with two attached hydrogens (primary N) is 1. The molecule has 2 N–H and O–H groups in total. The highest BCUT2D eigenvalue weighted by molar-refractivity contribution is 5.53. The van der Waals surface area contributed by atoms with Gasteiger partial charge in [0.2, 0.25) is 0 Å². The molecule has 0 atom stereocenters. The number of allylic oxidation sites excluding steroid dienone is 3. The van der Waals surface area contributed by atoms with Gasteiger partial charge in [0, 0.05) is 11.9 Å². The normalized spacial score (nSPS) is 8.14. The molecule has 0 fully saturated rings. The van der Waals surface area contributed by atoms with Crippen molar-refractivity contribution in [3.63, 3.8) is 0 Å². The first-order chi connectivity index (χ1) is 3.41. The second kappa shape index (κ2) is 4.99. The lowest BCUT2D eigenvalue weighted by atomic mass is 10.5. The van der Waals surface area contributed by atoms with Crippen LogP contribution in [0.4, 0.5) is 0 Å². The minimum atomic E-state index is 1.64. The zero-order valence-electron chi connectivity index (χ0n) is 4.26. The van der Waals surface area contributed by atoms with Crippen molar-refractivity contribution in [1.82, 2.24) is 0 Å². The minimum absolute atomic E-state index is 1.64. The smallest absolute Gasteiger partial charge is 0.00763 e. The molecule has 0 rings (SSSR count). The molecule has 0 saturated heterocycles. The molecule has 0 aromatic carbocycles. The maximum Gasteiger partial charge on any atom is 0.00763 e. The molecule has 0 radical (unpaired) electrons. The summed E-state index contributed by atoms with van der Waals surface area (Å²) in [5.74, 6) is 7.16. The van der Waals surface area contributed by atoms with Crippen molar-refractivity contribution in [3.8, 4) is 0 Å². The topological polar surface area (TPSA) is 38.4 Å². The standard InChI is InChI=1S/C5H8N2/c1-2-3-4-5-7-6/h2-4H,6H2,1H3/b3-2+. The van der Waals surface area contributed by atoms with Gasteiger partial charge in [-0.1, -0.05) is 12.2 Å². The molecule has 0 aromatic rings. The minimum Gasteiger partial charge on any atom is -0.315 e. The Labute approximate surface area is 43.0 Å². The zero-order chi connectivity index (χ0) is 5.54. The monoisotopic (exact) mass is 96.1 g/mol. The zero-order valence-corrected chi connectivity index (χ0v) is 4.26. The van der Waals surface area contributed by atoms with E-state index in [1.165, 1.54) is 0 Å². The Morgan fingerprint density at radius 3 is 2.86 bits per heavy atom. The number of hydrogen-bond donors (Lipinski definition) is 1. The van der Waals surface area contributed by atoms with Crippen LogP contribution in [-0.2, 0) is 0 Å². The lowest BCUT2D eigenvalue weighted by Crippen LogP contribution is -1.72. The molecular weight excluding hydrogens is 88.1 g/mol. The first-order valence-electron chi connectivity index (χ1n) is 2.01. The summed E-state index contributed by atoms with van der Waals surface area (Å²) in [6.07, 6.45) is 5.31. The number of nitrogens with zero attached hydrogens (tertiary/aromatic N) is 1. The van der Waals surface area contributed by atoms with Gasteiger partial charge in [-0.2, -0.15) is 0 Å². The van der Waals surface area contributed by atoms with Crippen LogP contribution in [0.5, 0.6) is 0 Å². The van der Waals surface area contributed by atoms with Crippen molar-refractivity contribution >= 4 is 5.87 Å². The largest absolute Gasteiger partial charge is 0.315 e. The van der Waals surface area contributed by atoms with Gasteiger partial charge in [-0.3, -0.25) is 0 Å². The van der Waals surface area contributed by atoms with Gasteiger partial charge in [0.05, 0.1) is 0 Å². The number of rotatable bonds is 1. The first kappa shape index (κ1) is 5.99. The molecule has 0 aliphatic rings. The summed E-state index contributed by atoms with van der Waals surface area (Å²) in [7, 11) is 0. The Balaban J connectivity index is 3.48. The van der Waals surface area contributed by atoms with E-state index in [-0.39, 0.29) is 0 Å². The predicted molar refractivity (Wildman–Crippen MR) is 31.0 cm³/mol. The fraction of sp³-hybridized carbons (Fsp3) is 0.200. The van der Waals surface area contributed by atoms with Crippen molar-refractivity contribution in [2.75, 3.05) is 0 Å². The van der Waals surface area contributed by atoms with Gasteiger partial charge in [0.15, 0.2) is 0 Å². The summed E-state index contributed by atoms with van der Waals surface area (Å²) in [6, 6.07) is 0. The molecule has 7 heavy (non-hydrogen) atoms. The summed E-state index contributed by atoms with van der Waals surface area (Å²) in [5.41, 5.74) is 0. The summed E-state index contributed by atoms with van der Waals surface area (Å²) in [5, 5.41) is 3.12. The van der Waals surface area contributed by atoms with Crippen molar-refractivity contribution in [2.45, 2.75) is 6.92 Å². The SMILES string of the molecule is C/C=C/C=C=NN. The summed E-state index contributed by atoms with van der Waals surface area (Å²) < 4.78 is 0. The molecular formula is C5H8N2. The highest BCUT2D eigenvalue weighted by Gasteiger charge is 1.49. The van der Waals surface area contributed by atoms with E-state index in [0.29, 0.717) is 0 Å². The average Bonchev–Trinajstić information content (AvgIpc) is 1.69. The van der Waals surface area contributed by atoms with E-state index in [4.69, 9.17) is 5.84 Å². The Bertz CT molecular complexity index is 107. The molecule has 0 aromatic heterocycles. The molecule has 0 bridgehead atoms. The van der Waals surface area contributed by atoms with Crippen molar-refractivity contribution < 1.29 is 0 Å². The van der Waals surface area contributed by atoms with E-state index >= 15 is 0 Å². The van der Waals surface area contributed by atoms with Crippen LogP contribution in [-0.4, -0.2) is 5.87 Å². The Hall–Kier alpha value is -1.01. The molecule has 0 aliphatic heterocycles. The van der Waals surface area contributed by atoms with Crippen LogP contribution in [0.1, 0.15) is 6.92 Å². The van der Waals surface area contributed by atoms with Gasteiger partial charge in [0.1, 0.15) is 0 Å². The Morgan fingerprint density at radius 1 is 1.71 bits per heavy atom. The van der Waals surface area contributed by atoms with Crippen LogP contribution in [0.25, 0.3) is 0 Å². The van der Waals surface area contributed by atoms with Gasteiger partial charge >= 0.3 is 0 Å². The molecule has 2 heteroatoms. The third kappa shape index (κ3) is 4.99. The van der Waals surface area contributed by atoms with Crippen molar-refractivity contribution in [2.24, 2.45) is 10.9 Å². The Kier molecular flexibility index (Phi) is 4.27. The molecule has 0 amide bonds. The average molecular weight is 96.1 g/mol. The van der Waals surface area contributed by atoms with Crippen molar-refractivity contribution in [3.05, 3.63) is 18.2 Å². The van der Waals surface area contributed by atoms with E-state index in [2.05, 4.69) is 11.0 Å². The summed E-state index contributed by atoms with van der Waals surface area (Å²) >= 11 is 0. The van der Waals surface area contributed by atoms with Gasteiger partial charge in [-0.05, 0) is 6.92 Å². The van der Waals surface area contributed by atoms with E-state index in [9.17, 15) is 0 Å². The molecule has 0 saturated carbocycles. The predicted octanol–water partition coefficient (Wildman–Crippen LogP) is 0.662. The third-order valence-electron chi connectivity index (χ3n) is 0.438. The maximum atomic E-state index is 4.72. The second-order valence-corrected chi connectivity index (χ2v) is 0.951. The molecule has 0 unspecified atom stereocenters. The molecule has 2 nitrogen and oxygen atoms in total. The van der Waals surface area contributed by atoms with Crippen LogP contribution in [0.15, 0.2) is 23.3 Å². The molecule has 0 spiro atoms. The van der Waals surface area contributed by atoms with Gasteiger partial charge < -0.3 is 5.84 Å².